The number of ether oxygens (including phenoxy) is 2. The molecule has 0 aliphatic carbocycles. The Balaban J connectivity index is 1.30. The number of hydrogen-bond donors (Lipinski definition) is 4. The molecule has 4 heterocycles. The van der Waals surface area contributed by atoms with Gasteiger partial charge in [0.2, 0.25) is 0 Å². The zero-order valence-corrected chi connectivity index (χ0v) is 20.8. The molecule has 2 aromatic heterocycles. The third-order valence-electron chi connectivity index (χ3n) is 6.26. The third-order valence-corrected chi connectivity index (χ3v) is 8.77. The van der Waals surface area contributed by atoms with Crippen molar-refractivity contribution in [3.8, 4) is 0 Å². The molecule has 0 amide bonds. The van der Waals surface area contributed by atoms with Crippen molar-refractivity contribution in [2.24, 2.45) is 5.92 Å². The summed E-state index contributed by atoms with van der Waals surface area (Å²) in [6.45, 7) is 3.01. The molecule has 0 saturated carbocycles. The monoisotopic (exact) mass is 528 g/mol. The second kappa shape index (κ2) is 10.9. The summed E-state index contributed by atoms with van der Waals surface area (Å²) in [5.41, 5.74) is -1.24. The molecule has 0 spiro atoms. The van der Waals surface area contributed by atoms with Crippen molar-refractivity contribution < 1.29 is 19.7 Å². The molecule has 4 rings (SSSR count). The highest BCUT2D eigenvalue weighted by atomic mass is 33.1. The van der Waals surface area contributed by atoms with Crippen molar-refractivity contribution in [1.82, 2.24) is 19.1 Å². The molecular formula is C21H28N4O8S2. The van der Waals surface area contributed by atoms with Gasteiger partial charge in [-0.05, 0) is 20.3 Å². The van der Waals surface area contributed by atoms with Crippen molar-refractivity contribution in [1.29, 1.82) is 0 Å². The Morgan fingerprint density at radius 2 is 1.40 bits per heavy atom. The highest BCUT2D eigenvalue weighted by Gasteiger charge is 2.38. The molecule has 0 radical (unpaired) electrons. The Hall–Kier alpha value is -2.10. The molecule has 192 valence electrons. The summed E-state index contributed by atoms with van der Waals surface area (Å²) >= 11 is 0. The van der Waals surface area contributed by atoms with Gasteiger partial charge < -0.3 is 19.7 Å². The Morgan fingerprint density at radius 3 is 1.97 bits per heavy atom. The minimum atomic E-state index is -0.757. The highest BCUT2D eigenvalue weighted by molar-refractivity contribution is 8.76. The lowest BCUT2D eigenvalue weighted by Crippen LogP contribution is -2.33. The van der Waals surface area contributed by atoms with Crippen LogP contribution in [-0.4, -0.2) is 65.7 Å². The molecule has 2 aliphatic heterocycles. The maximum atomic E-state index is 12.2. The van der Waals surface area contributed by atoms with E-state index in [2.05, 4.69) is 9.97 Å². The van der Waals surface area contributed by atoms with Crippen molar-refractivity contribution in [3.05, 3.63) is 65.2 Å². The van der Waals surface area contributed by atoms with Crippen LogP contribution in [-0.2, 0) is 9.47 Å². The molecule has 2 aromatic rings. The second-order valence-corrected chi connectivity index (χ2v) is 11.3. The van der Waals surface area contributed by atoms with E-state index in [0.29, 0.717) is 29.1 Å². The van der Waals surface area contributed by atoms with Crippen LogP contribution in [0.2, 0.25) is 0 Å². The average Bonchev–Trinajstić information content (AvgIpc) is 3.39. The molecule has 35 heavy (non-hydrogen) atoms. The first-order chi connectivity index (χ1) is 16.7. The van der Waals surface area contributed by atoms with Gasteiger partial charge in [-0.3, -0.25) is 28.7 Å². The molecule has 2 aliphatic rings. The van der Waals surface area contributed by atoms with Crippen LogP contribution in [0.5, 0.6) is 0 Å². The van der Waals surface area contributed by atoms with Gasteiger partial charge in [-0.1, -0.05) is 21.6 Å². The molecule has 14 heteroatoms. The number of aromatic nitrogens is 4. The highest BCUT2D eigenvalue weighted by Crippen LogP contribution is 2.39. The summed E-state index contributed by atoms with van der Waals surface area (Å²) in [7, 11) is 3.04. The van der Waals surface area contributed by atoms with Crippen molar-refractivity contribution in [2.75, 3.05) is 18.1 Å². The molecule has 0 aromatic carbocycles. The predicted molar refractivity (Wildman–Crippen MR) is 131 cm³/mol. The van der Waals surface area contributed by atoms with Gasteiger partial charge in [0.25, 0.3) is 11.1 Å². The summed E-state index contributed by atoms with van der Waals surface area (Å²) in [4.78, 5) is 52.0. The third kappa shape index (κ3) is 5.67. The zero-order valence-electron chi connectivity index (χ0n) is 19.2. The quantitative estimate of drug-likeness (QED) is 0.262. The fourth-order valence-electron chi connectivity index (χ4n) is 4.21. The first kappa shape index (κ1) is 26.0. The number of nitrogens with zero attached hydrogens (tertiary/aromatic N) is 2. The number of aliphatic hydroxyl groups is 2. The van der Waals surface area contributed by atoms with Crippen molar-refractivity contribution in [3.63, 3.8) is 0 Å². The van der Waals surface area contributed by atoms with Crippen LogP contribution in [0.1, 0.15) is 36.4 Å². The Kier molecular flexibility index (Phi) is 8.08. The minimum Gasteiger partial charge on any atom is -0.394 e. The fraction of sp³-hybridized carbons (Fsp3) is 0.619. The predicted octanol–water partition coefficient (Wildman–Crippen LogP) is -0.371. The molecule has 2 fully saturated rings. The van der Waals surface area contributed by atoms with Crippen LogP contribution >= 0.6 is 21.6 Å². The van der Waals surface area contributed by atoms with Gasteiger partial charge in [0, 0.05) is 47.4 Å². The van der Waals surface area contributed by atoms with Gasteiger partial charge in [-0.25, -0.2) is 9.59 Å². The SMILES string of the molecule is Cc1cn([C@H]2C[C@H](CSSC[C@H]3O[C@@H](n4cc(C)c(=O)[nH]c4=O)C[C@@H]3O)[C@@H](CO)O2)c(=O)[nH]c1=O. The standard InChI is InChI=1S/C21H28N4O8S2/c1-10-5-24(20(30)22-18(10)28)16-3-12(14(7-26)32-16)8-34-35-9-15-13(27)4-17(33-15)25-6-11(2)19(29)23-21(25)31/h5-6,12-17,26-27H,3-4,7-9H2,1-2H3,(H,22,28,30)(H,23,29,31)/t12-,13+,14-,15-,16-,17-/m1/s1. The van der Waals surface area contributed by atoms with Gasteiger partial charge in [0.15, 0.2) is 0 Å². The largest absolute Gasteiger partial charge is 0.394 e. The maximum Gasteiger partial charge on any atom is 0.330 e. The molecule has 2 saturated heterocycles. The summed E-state index contributed by atoms with van der Waals surface area (Å²) in [5.74, 6) is 1.08. The minimum absolute atomic E-state index is 0.0218. The Morgan fingerprint density at radius 1 is 0.886 bits per heavy atom. The lowest BCUT2D eigenvalue weighted by atomic mass is 10.0. The first-order valence-electron chi connectivity index (χ1n) is 11.2. The summed E-state index contributed by atoms with van der Waals surface area (Å²) in [5, 5.41) is 20.1. The van der Waals surface area contributed by atoms with E-state index in [9.17, 15) is 29.4 Å². The Labute approximate surface area is 207 Å². The number of rotatable bonds is 8. The Bertz CT molecular complexity index is 1290. The van der Waals surface area contributed by atoms with Crippen LogP contribution in [0.15, 0.2) is 31.6 Å². The summed E-state index contributed by atoms with van der Waals surface area (Å²) in [6.07, 6.45) is 0.713. The average molecular weight is 529 g/mol. The molecule has 12 nitrogen and oxygen atoms in total. The van der Waals surface area contributed by atoms with E-state index < -0.39 is 53.3 Å². The number of hydrogen-bond acceptors (Lipinski definition) is 10. The lowest BCUT2D eigenvalue weighted by Gasteiger charge is -2.17. The van der Waals surface area contributed by atoms with Gasteiger partial charge >= 0.3 is 11.4 Å². The van der Waals surface area contributed by atoms with Gasteiger partial charge in [-0.2, -0.15) is 0 Å². The second-order valence-electron chi connectivity index (χ2n) is 8.77. The van der Waals surface area contributed by atoms with Crippen LogP contribution in [0.3, 0.4) is 0 Å². The normalized spacial score (nSPS) is 28.6. The maximum absolute atomic E-state index is 12.2. The number of aliphatic hydroxyl groups excluding tert-OH is 2. The van der Waals surface area contributed by atoms with E-state index in [1.54, 1.807) is 24.6 Å². The van der Waals surface area contributed by atoms with E-state index in [1.165, 1.54) is 32.3 Å². The molecular weight excluding hydrogens is 500 g/mol. The van der Waals surface area contributed by atoms with Crippen LogP contribution in [0.4, 0.5) is 0 Å². The summed E-state index contributed by atoms with van der Waals surface area (Å²) < 4.78 is 14.4. The van der Waals surface area contributed by atoms with Crippen LogP contribution in [0.25, 0.3) is 0 Å². The van der Waals surface area contributed by atoms with E-state index in [0.717, 1.165) is 0 Å². The lowest BCUT2D eigenvalue weighted by molar-refractivity contribution is -0.0310. The fourth-order valence-corrected chi connectivity index (χ4v) is 6.87. The number of aryl methyl sites for hydroxylation is 2. The van der Waals surface area contributed by atoms with Gasteiger partial charge in [-0.15, -0.1) is 0 Å². The van der Waals surface area contributed by atoms with Gasteiger partial charge in [0.05, 0.1) is 24.9 Å². The zero-order chi connectivity index (χ0) is 25.3. The van der Waals surface area contributed by atoms with E-state index in [1.807, 2.05) is 0 Å². The topological polar surface area (TPSA) is 169 Å². The van der Waals surface area contributed by atoms with E-state index >= 15 is 0 Å². The van der Waals surface area contributed by atoms with Crippen LogP contribution < -0.4 is 22.5 Å². The van der Waals surface area contributed by atoms with Crippen LogP contribution in [0, 0.1) is 19.8 Å². The molecule has 6 atom stereocenters. The number of nitrogens with one attached hydrogen (secondary N) is 2. The van der Waals surface area contributed by atoms with Crippen molar-refractivity contribution in [2.45, 2.75) is 57.5 Å². The van der Waals surface area contributed by atoms with Gasteiger partial charge in [0.1, 0.15) is 12.5 Å². The molecule has 4 N–H and O–H groups in total. The van der Waals surface area contributed by atoms with E-state index in [-0.39, 0.29) is 18.9 Å². The molecule has 0 unspecified atom stereocenters. The van der Waals surface area contributed by atoms with E-state index in [4.69, 9.17) is 9.47 Å². The van der Waals surface area contributed by atoms with Crippen molar-refractivity contribution >= 4 is 21.6 Å². The summed E-state index contributed by atoms with van der Waals surface area (Å²) in [6, 6.07) is 0. The smallest absolute Gasteiger partial charge is 0.330 e. The number of aromatic amines is 2. The molecule has 0 bridgehead atoms. The first-order valence-corrected chi connectivity index (χ1v) is 13.6. The number of H-pyrrole nitrogens is 2.